The van der Waals surface area contributed by atoms with Gasteiger partial charge in [-0.1, -0.05) is 12.2 Å². The average Bonchev–Trinajstić information content (AvgIpc) is 1.97. The third-order valence-electron chi connectivity index (χ3n) is 1.64. The van der Waals surface area contributed by atoms with Gasteiger partial charge in [0, 0.05) is 19.3 Å². The second kappa shape index (κ2) is 6.38. The van der Waals surface area contributed by atoms with Crippen LogP contribution in [-0.2, 0) is 4.74 Å². The Labute approximate surface area is 69.4 Å². The lowest BCUT2D eigenvalue weighted by Gasteiger charge is -2.10. The first-order chi connectivity index (χ1) is 5.18. The molecule has 2 nitrogen and oxygen atoms in total. The van der Waals surface area contributed by atoms with Crippen molar-refractivity contribution < 1.29 is 4.74 Å². The van der Waals surface area contributed by atoms with Gasteiger partial charge in [0.2, 0.25) is 0 Å². The summed E-state index contributed by atoms with van der Waals surface area (Å²) >= 11 is 0. The number of rotatable bonds is 6. The normalized spacial score (nSPS) is 13.0. The molecule has 0 bridgehead atoms. The maximum atomic E-state index is 5.74. The summed E-state index contributed by atoms with van der Waals surface area (Å²) < 4.78 is 5.18. The monoisotopic (exact) mass is 157 g/mol. The predicted molar refractivity (Wildman–Crippen MR) is 48.5 cm³/mol. The van der Waals surface area contributed by atoms with Crippen LogP contribution in [0.3, 0.4) is 0 Å². The van der Waals surface area contributed by atoms with Gasteiger partial charge in [-0.2, -0.15) is 0 Å². The lowest BCUT2D eigenvalue weighted by atomic mass is 10.1. The highest BCUT2D eigenvalue weighted by Crippen LogP contribution is 2.02. The van der Waals surface area contributed by atoms with Gasteiger partial charge in [-0.05, 0) is 26.7 Å². The smallest absolute Gasteiger partial charge is 0.0466 e. The van der Waals surface area contributed by atoms with E-state index in [0.717, 1.165) is 31.6 Å². The molecule has 11 heavy (non-hydrogen) atoms. The molecule has 2 N–H and O–H groups in total. The van der Waals surface area contributed by atoms with Gasteiger partial charge in [-0.3, -0.25) is 0 Å². The number of hydrogen-bond donors (Lipinski definition) is 1. The van der Waals surface area contributed by atoms with E-state index in [4.69, 9.17) is 10.5 Å². The molecular weight excluding hydrogens is 138 g/mol. The molecule has 0 saturated carbocycles. The summed E-state index contributed by atoms with van der Waals surface area (Å²) in [7, 11) is 0. The van der Waals surface area contributed by atoms with E-state index >= 15 is 0 Å². The highest BCUT2D eigenvalue weighted by atomic mass is 16.5. The third kappa shape index (κ3) is 6.07. The molecule has 0 radical (unpaired) electrons. The molecule has 0 saturated heterocycles. The molecule has 0 heterocycles. The Bertz CT molecular complexity index is 112. The average molecular weight is 157 g/mol. The van der Waals surface area contributed by atoms with Gasteiger partial charge < -0.3 is 10.5 Å². The largest absolute Gasteiger partial charge is 0.382 e. The number of hydrogen-bond acceptors (Lipinski definition) is 2. The molecule has 0 aliphatic carbocycles. The van der Waals surface area contributed by atoms with Gasteiger partial charge >= 0.3 is 0 Å². The summed E-state index contributed by atoms with van der Waals surface area (Å²) in [5.41, 5.74) is 6.80. The fourth-order valence-corrected chi connectivity index (χ4v) is 0.796. The molecular formula is C9H19NO. The Morgan fingerprint density at radius 3 is 2.73 bits per heavy atom. The van der Waals surface area contributed by atoms with E-state index < -0.39 is 0 Å². The van der Waals surface area contributed by atoms with Crippen LogP contribution in [0.2, 0.25) is 0 Å². The molecule has 2 heteroatoms. The fraction of sp³-hybridized carbons (Fsp3) is 0.778. The summed E-state index contributed by atoms with van der Waals surface area (Å²) in [5.74, 6) is 0. The highest BCUT2D eigenvalue weighted by molar-refractivity contribution is 4.99. The zero-order chi connectivity index (χ0) is 8.69. The molecule has 0 amide bonds. The summed E-state index contributed by atoms with van der Waals surface area (Å²) in [6.07, 6.45) is 2.01. The molecule has 1 unspecified atom stereocenters. The second-order valence-electron chi connectivity index (χ2n) is 2.79. The molecule has 66 valence electrons. The van der Waals surface area contributed by atoms with E-state index in [1.54, 1.807) is 0 Å². The first-order valence-corrected chi connectivity index (χ1v) is 4.17. The Kier molecular flexibility index (Phi) is 6.18. The highest BCUT2D eigenvalue weighted by Gasteiger charge is 2.00. The quantitative estimate of drug-likeness (QED) is 0.470. The van der Waals surface area contributed by atoms with E-state index in [1.807, 2.05) is 13.8 Å². The third-order valence-corrected chi connectivity index (χ3v) is 1.64. The lowest BCUT2D eigenvalue weighted by Crippen LogP contribution is -2.21. The molecule has 0 rings (SSSR count). The molecule has 1 atom stereocenters. The van der Waals surface area contributed by atoms with E-state index in [9.17, 15) is 0 Å². The van der Waals surface area contributed by atoms with Crippen LogP contribution in [-0.4, -0.2) is 19.3 Å². The van der Waals surface area contributed by atoms with E-state index in [1.165, 1.54) is 0 Å². The summed E-state index contributed by atoms with van der Waals surface area (Å²) in [6.45, 7) is 9.36. The predicted octanol–water partition coefficient (Wildman–Crippen LogP) is 1.71. The van der Waals surface area contributed by atoms with Gasteiger partial charge in [0.05, 0.1) is 0 Å². The molecule has 0 aliphatic heterocycles. The second-order valence-corrected chi connectivity index (χ2v) is 2.79. The minimum Gasteiger partial charge on any atom is -0.382 e. The van der Waals surface area contributed by atoms with E-state index in [0.29, 0.717) is 0 Å². The van der Waals surface area contributed by atoms with Crippen molar-refractivity contribution >= 4 is 0 Å². The van der Waals surface area contributed by atoms with Crippen molar-refractivity contribution in [1.82, 2.24) is 0 Å². The van der Waals surface area contributed by atoms with Crippen molar-refractivity contribution in [3.63, 3.8) is 0 Å². The maximum absolute atomic E-state index is 5.74. The van der Waals surface area contributed by atoms with Crippen molar-refractivity contribution in [3.05, 3.63) is 12.2 Å². The van der Waals surface area contributed by atoms with Crippen LogP contribution in [0.4, 0.5) is 0 Å². The minimum atomic E-state index is 0.149. The number of ether oxygens (including phenoxy) is 1. The molecule has 0 aromatic rings. The van der Waals surface area contributed by atoms with Crippen molar-refractivity contribution in [2.75, 3.05) is 13.2 Å². The van der Waals surface area contributed by atoms with Gasteiger partial charge in [0.25, 0.3) is 0 Å². The Morgan fingerprint density at radius 2 is 2.27 bits per heavy atom. The van der Waals surface area contributed by atoms with E-state index in [-0.39, 0.29) is 6.04 Å². The summed E-state index contributed by atoms with van der Waals surface area (Å²) in [4.78, 5) is 0. The topological polar surface area (TPSA) is 35.2 Å². The Hall–Kier alpha value is -0.340. The van der Waals surface area contributed by atoms with Crippen molar-refractivity contribution in [3.8, 4) is 0 Å². The first-order valence-electron chi connectivity index (χ1n) is 4.17. The zero-order valence-corrected chi connectivity index (χ0v) is 7.60. The number of nitrogens with two attached hydrogens (primary N) is 1. The first kappa shape index (κ1) is 10.7. The van der Waals surface area contributed by atoms with Crippen LogP contribution in [0.5, 0.6) is 0 Å². The molecule has 0 aliphatic rings. The van der Waals surface area contributed by atoms with Crippen molar-refractivity contribution in [2.24, 2.45) is 5.73 Å². The van der Waals surface area contributed by atoms with Gasteiger partial charge in [-0.25, -0.2) is 0 Å². The molecule has 0 spiro atoms. The summed E-state index contributed by atoms with van der Waals surface area (Å²) in [6, 6.07) is 0.149. The van der Waals surface area contributed by atoms with Crippen molar-refractivity contribution in [1.29, 1.82) is 0 Å². The van der Waals surface area contributed by atoms with Crippen LogP contribution in [0.15, 0.2) is 12.2 Å². The molecule has 0 aromatic heterocycles. The minimum absolute atomic E-state index is 0.149. The van der Waals surface area contributed by atoms with Gasteiger partial charge in [0.15, 0.2) is 0 Å². The fourth-order valence-electron chi connectivity index (χ4n) is 0.796. The van der Waals surface area contributed by atoms with Crippen LogP contribution >= 0.6 is 0 Å². The SMILES string of the molecule is C=C(C)C(N)CCCOCC. The lowest BCUT2D eigenvalue weighted by molar-refractivity contribution is 0.142. The molecule has 0 aromatic carbocycles. The Morgan fingerprint density at radius 1 is 1.64 bits per heavy atom. The van der Waals surface area contributed by atoms with Crippen LogP contribution in [0, 0.1) is 0 Å². The van der Waals surface area contributed by atoms with Crippen LogP contribution in [0.25, 0.3) is 0 Å². The van der Waals surface area contributed by atoms with Gasteiger partial charge in [-0.15, -0.1) is 0 Å². The molecule has 0 fully saturated rings. The standard InChI is InChI=1S/C9H19NO/c1-4-11-7-5-6-9(10)8(2)3/h9H,2,4-7,10H2,1,3H3. The van der Waals surface area contributed by atoms with E-state index in [2.05, 4.69) is 6.58 Å². The Balaban J connectivity index is 3.17. The zero-order valence-electron chi connectivity index (χ0n) is 7.60. The summed E-state index contributed by atoms with van der Waals surface area (Å²) in [5, 5.41) is 0. The van der Waals surface area contributed by atoms with Crippen molar-refractivity contribution in [2.45, 2.75) is 32.7 Å². The van der Waals surface area contributed by atoms with Gasteiger partial charge in [0.1, 0.15) is 0 Å². The maximum Gasteiger partial charge on any atom is 0.0466 e. The van der Waals surface area contributed by atoms with Crippen LogP contribution < -0.4 is 5.73 Å². The van der Waals surface area contributed by atoms with Crippen LogP contribution in [0.1, 0.15) is 26.7 Å².